The molecular formula is C18H24N2O3S2. The Morgan fingerprint density at radius 3 is 2.80 bits per heavy atom. The second-order valence-electron chi connectivity index (χ2n) is 6.60. The molecule has 25 heavy (non-hydrogen) atoms. The molecule has 0 bridgehead atoms. The molecule has 2 aromatic rings. The van der Waals surface area contributed by atoms with E-state index in [4.69, 9.17) is 4.74 Å². The summed E-state index contributed by atoms with van der Waals surface area (Å²) in [5, 5.41) is 18.1. The Balaban J connectivity index is 1.90. The number of ether oxygens (including phenoxy) is 1. The summed E-state index contributed by atoms with van der Waals surface area (Å²) in [7, 11) is 1.50. The van der Waals surface area contributed by atoms with Crippen molar-refractivity contribution in [3.63, 3.8) is 0 Å². The van der Waals surface area contributed by atoms with Crippen LogP contribution in [-0.2, 0) is 16.1 Å². The number of amides is 1. The van der Waals surface area contributed by atoms with Gasteiger partial charge in [0.2, 0.25) is 5.91 Å². The molecule has 0 saturated carbocycles. The molecule has 3 atom stereocenters. The van der Waals surface area contributed by atoms with Gasteiger partial charge in [0.1, 0.15) is 6.61 Å². The molecule has 3 heterocycles. The van der Waals surface area contributed by atoms with Gasteiger partial charge in [-0.05, 0) is 36.2 Å². The molecule has 1 amide bonds. The number of piperidine rings is 1. The van der Waals surface area contributed by atoms with Gasteiger partial charge in [0.25, 0.3) is 0 Å². The molecule has 0 aromatic carbocycles. The smallest absolute Gasteiger partial charge is 0.246 e. The summed E-state index contributed by atoms with van der Waals surface area (Å²) in [6.45, 7) is 3.40. The van der Waals surface area contributed by atoms with Crippen molar-refractivity contribution in [1.29, 1.82) is 0 Å². The molecule has 1 aliphatic rings. The number of nitrogens with one attached hydrogen (secondary N) is 1. The summed E-state index contributed by atoms with van der Waals surface area (Å²) in [6, 6.07) is 7.82. The predicted octanol–water partition coefficient (Wildman–Crippen LogP) is 2.64. The molecule has 1 aliphatic heterocycles. The number of thiophene rings is 2. The third kappa shape index (κ3) is 4.30. The average molecular weight is 381 g/mol. The largest absolute Gasteiger partial charge is 0.388 e. The topological polar surface area (TPSA) is 61.8 Å². The molecule has 2 N–H and O–H groups in total. The Kier molecular flexibility index (Phi) is 5.91. The van der Waals surface area contributed by atoms with E-state index in [1.165, 1.54) is 12.0 Å². The van der Waals surface area contributed by atoms with Crippen molar-refractivity contribution < 1.29 is 14.6 Å². The van der Waals surface area contributed by atoms with Gasteiger partial charge in [0, 0.05) is 30.0 Å². The monoisotopic (exact) mass is 380 g/mol. The zero-order valence-electron chi connectivity index (χ0n) is 14.5. The van der Waals surface area contributed by atoms with E-state index < -0.39 is 5.60 Å². The summed E-state index contributed by atoms with van der Waals surface area (Å²) >= 11 is 3.39. The molecule has 1 saturated heterocycles. The normalized spacial score (nSPS) is 27.3. The Labute approximate surface area is 156 Å². The van der Waals surface area contributed by atoms with Gasteiger partial charge >= 0.3 is 0 Å². The Bertz CT molecular complexity index is 671. The summed E-state index contributed by atoms with van der Waals surface area (Å²) in [6.07, 6.45) is 0.609. The lowest BCUT2D eigenvalue weighted by atomic mass is 9.81. The number of nitrogens with zero attached hydrogens (tertiary/aromatic N) is 1. The van der Waals surface area contributed by atoms with E-state index in [-0.39, 0.29) is 24.6 Å². The Morgan fingerprint density at radius 1 is 1.40 bits per heavy atom. The van der Waals surface area contributed by atoms with Crippen LogP contribution in [0.1, 0.15) is 29.1 Å². The van der Waals surface area contributed by atoms with Crippen molar-refractivity contribution in [3.05, 3.63) is 44.8 Å². The number of likely N-dealkylation sites (tertiary alicyclic amines) is 1. The Hall–Kier alpha value is -1.25. The summed E-state index contributed by atoms with van der Waals surface area (Å²) in [4.78, 5) is 17.0. The van der Waals surface area contributed by atoms with Crippen LogP contribution in [0.2, 0.25) is 0 Å². The van der Waals surface area contributed by atoms with E-state index in [0.717, 1.165) is 18.0 Å². The molecule has 136 valence electrons. The fourth-order valence-electron chi connectivity index (χ4n) is 3.38. The first-order chi connectivity index (χ1) is 12.0. The Morgan fingerprint density at radius 2 is 2.16 bits per heavy atom. The van der Waals surface area contributed by atoms with Crippen LogP contribution in [-0.4, -0.2) is 47.8 Å². The second kappa shape index (κ2) is 7.97. The maximum absolute atomic E-state index is 12.2. The highest BCUT2D eigenvalue weighted by Crippen LogP contribution is 2.39. The quantitative estimate of drug-likeness (QED) is 0.809. The van der Waals surface area contributed by atoms with E-state index in [1.54, 1.807) is 22.7 Å². The van der Waals surface area contributed by atoms with E-state index in [0.29, 0.717) is 6.42 Å². The zero-order chi connectivity index (χ0) is 17.9. The van der Waals surface area contributed by atoms with Crippen molar-refractivity contribution in [1.82, 2.24) is 10.2 Å². The van der Waals surface area contributed by atoms with Gasteiger partial charge in [-0.25, -0.2) is 0 Å². The number of methoxy groups -OCH3 is 1. The van der Waals surface area contributed by atoms with E-state index in [1.807, 2.05) is 18.4 Å². The van der Waals surface area contributed by atoms with Crippen LogP contribution in [0.15, 0.2) is 35.0 Å². The summed E-state index contributed by atoms with van der Waals surface area (Å²) in [5.74, 6) is -0.202. The highest BCUT2D eigenvalue weighted by atomic mass is 32.1. The summed E-state index contributed by atoms with van der Waals surface area (Å²) in [5.41, 5.74) is -0.968. The van der Waals surface area contributed by atoms with Crippen molar-refractivity contribution in [2.24, 2.45) is 0 Å². The first kappa shape index (κ1) is 18.5. The van der Waals surface area contributed by atoms with Gasteiger partial charge in [-0.2, -0.15) is 0 Å². The molecule has 5 nitrogen and oxygen atoms in total. The highest BCUT2D eigenvalue weighted by Gasteiger charge is 2.46. The molecule has 0 aliphatic carbocycles. The van der Waals surface area contributed by atoms with Crippen LogP contribution >= 0.6 is 22.7 Å². The lowest BCUT2D eigenvalue weighted by Gasteiger charge is -2.48. The van der Waals surface area contributed by atoms with Gasteiger partial charge in [-0.1, -0.05) is 12.1 Å². The summed E-state index contributed by atoms with van der Waals surface area (Å²) < 4.78 is 4.95. The first-order valence-corrected chi connectivity index (χ1v) is 10.1. The third-order valence-electron chi connectivity index (χ3n) is 4.65. The number of carbonyl (C=O) groups is 1. The molecule has 0 radical (unpaired) electrons. The lowest BCUT2D eigenvalue weighted by molar-refractivity contribution is -0.132. The highest BCUT2D eigenvalue weighted by molar-refractivity contribution is 7.10. The van der Waals surface area contributed by atoms with E-state index >= 15 is 0 Å². The maximum Gasteiger partial charge on any atom is 0.246 e. The van der Waals surface area contributed by atoms with Crippen LogP contribution in [0.3, 0.4) is 0 Å². The van der Waals surface area contributed by atoms with Crippen LogP contribution in [0.5, 0.6) is 0 Å². The molecule has 0 unspecified atom stereocenters. The number of carbonyl (C=O) groups excluding carboxylic acids is 1. The number of hydrogen-bond donors (Lipinski definition) is 2. The fraction of sp³-hybridized carbons (Fsp3) is 0.500. The van der Waals surface area contributed by atoms with Crippen molar-refractivity contribution >= 4 is 28.6 Å². The second-order valence-corrected chi connectivity index (χ2v) is 8.61. The van der Waals surface area contributed by atoms with Gasteiger partial charge in [0.05, 0.1) is 17.7 Å². The lowest BCUT2D eigenvalue weighted by Crippen LogP contribution is -2.62. The fourth-order valence-corrected chi connectivity index (χ4v) is 5.01. The minimum Gasteiger partial charge on any atom is -0.388 e. The number of hydrogen-bond acceptors (Lipinski definition) is 6. The van der Waals surface area contributed by atoms with E-state index in [9.17, 15) is 9.90 Å². The minimum atomic E-state index is -0.968. The van der Waals surface area contributed by atoms with Crippen LogP contribution in [0.25, 0.3) is 0 Å². The zero-order valence-corrected chi connectivity index (χ0v) is 16.1. The number of rotatable bonds is 6. The van der Waals surface area contributed by atoms with Crippen LogP contribution < -0.4 is 5.32 Å². The van der Waals surface area contributed by atoms with Crippen molar-refractivity contribution in [3.8, 4) is 0 Å². The van der Waals surface area contributed by atoms with Gasteiger partial charge in [0.15, 0.2) is 0 Å². The standard InChI is InChI=1S/C18H24N2O3S2/c1-18(22)7-8-20(11-13-5-3-9-24-13)16(14-6-4-10-25-14)17(18)19-15(21)12-23-2/h3-6,9-10,16-17,22H,7-8,11-12H2,1-2H3,(H,19,21)/t16-,17-,18+/m0/s1. The SMILES string of the molecule is COCC(=O)N[C@H]1[C@H](c2cccs2)N(Cc2cccs2)CC[C@@]1(C)O. The van der Waals surface area contributed by atoms with Crippen molar-refractivity contribution in [2.45, 2.75) is 37.6 Å². The first-order valence-electron chi connectivity index (χ1n) is 8.32. The molecular weight excluding hydrogens is 356 g/mol. The van der Waals surface area contributed by atoms with Gasteiger partial charge in [-0.15, -0.1) is 22.7 Å². The average Bonchev–Trinajstić information content (AvgIpc) is 3.25. The van der Waals surface area contributed by atoms with E-state index in [2.05, 4.69) is 33.8 Å². The van der Waals surface area contributed by atoms with Gasteiger partial charge < -0.3 is 15.2 Å². The maximum atomic E-state index is 12.2. The third-order valence-corrected chi connectivity index (χ3v) is 6.45. The van der Waals surface area contributed by atoms with Crippen LogP contribution in [0.4, 0.5) is 0 Å². The molecule has 7 heteroatoms. The molecule has 1 fully saturated rings. The molecule has 2 aromatic heterocycles. The predicted molar refractivity (Wildman–Crippen MR) is 101 cm³/mol. The minimum absolute atomic E-state index is 0.00529. The molecule has 3 rings (SSSR count). The van der Waals surface area contributed by atoms with Crippen molar-refractivity contribution in [2.75, 3.05) is 20.3 Å². The molecule has 0 spiro atoms. The number of aliphatic hydroxyl groups is 1. The van der Waals surface area contributed by atoms with Crippen LogP contribution in [0, 0.1) is 0 Å². The van der Waals surface area contributed by atoms with Gasteiger partial charge in [-0.3, -0.25) is 9.69 Å².